The molecule has 0 aliphatic carbocycles. The number of allylic oxidation sites excluding steroid dienone is 1. The van der Waals surface area contributed by atoms with Gasteiger partial charge in [-0.2, -0.15) is 0 Å². The number of rotatable bonds is 0. The van der Waals surface area contributed by atoms with Crippen molar-refractivity contribution in [2.75, 3.05) is 13.7 Å². The lowest BCUT2D eigenvalue weighted by molar-refractivity contribution is 0.456. The molecule has 0 saturated carbocycles. The van der Waals surface area contributed by atoms with Crippen LogP contribution >= 0.6 is 23.2 Å². The Labute approximate surface area is 63.8 Å². The molecule has 0 bridgehead atoms. The van der Waals surface area contributed by atoms with Gasteiger partial charge in [0.2, 0.25) is 0 Å². The van der Waals surface area contributed by atoms with E-state index < -0.39 is 0 Å². The Hall–Kier alpha value is -0.210. The van der Waals surface area contributed by atoms with Crippen LogP contribution in [-0.4, -0.2) is 23.8 Å². The van der Waals surface area contributed by atoms with Gasteiger partial charge in [-0.15, -0.1) is 0 Å². The summed E-state index contributed by atoms with van der Waals surface area (Å²) in [7, 11) is 1.85. The normalized spacial score (nSPS) is 19.2. The molecule has 0 spiro atoms. The molecule has 1 aliphatic rings. The first kappa shape index (κ1) is 6.90. The number of aliphatic imine (C=N–C) groups is 1. The van der Waals surface area contributed by atoms with Crippen LogP contribution in [0.5, 0.6) is 0 Å². The van der Waals surface area contributed by atoms with Gasteiger partial charge in [-0.3, -0.25) is 4.99 Å². The van der Waals surface area contributed by atoms with Gasteiger partial charge >= 0.3 is 0 Å². The Bertz CT molecular complexity index is 174. The monoisotopic (exact) mass is 164 g/mol. The summed E-state index contributed by atoms with van der Waals surface area (Å²) in [4.78, 5) is 5.71. The quantitative estimate of drug-likeness (QED) is 0.498. The second kappa shape index (κ2) is 2.58. The first-order valence-corrected chi connectivity index (χ1v) is 3.24. The standard InChI is InChI=1S/C5H6Cl2N2/c1-9-3-8-4(6)2-5(9)7/h2H,3H2,1H3. The molecular formula is C5H6Cl2N2. The Kier molecular flexibility index (Phi) is 1.98. The molecule has 0 aromatic heterocycles. The summed E-state index contributed by atoms with van der Waals surface area (Å²) < 4.78 is 0. The van der Waals surface area contributed by atoms with E-state index in [0.717, 1.165) is 0 Å². The lowest BCUT2D eigenvalue weighted by Gasteiger charge is -2.17. The minimum Gasteiger partial charge on any atom is -0.346 e. The van der Waals surface area contributed by atoms with Gasteiger partial charge in [-0.1, -0.05) is 23.2 Å². The van der Waals surface area contributed by atoms with Crippen LogP contribution in [0, 0.1) is 0 Å². The molecule has 0 atom stereocenters. The molecule has 0 aromatic carbocycles. The Morgan fingerprint density at radius 3 is 2.78 bits per heavy atom. The summed E-state index contributed by atoms with van der Waals surface area (Å²) in [6.07, 6.45) is 1.62. The molecule has 1 heterocycles. The zero-order valence-electron chi connectivity index (χ0n) is 4.93. The minimum absolute atomic E-state index is 0.470. The highest BCUT2D eigenvalue weighted by atomic mass is 35.5. The van der Waals surface area contributed by atoms with Crippen molar-refractivity contribution in [2.45, 2.75) is 0 Å². The number of hydrogen-bond acceptors (Lipinski definition) is 2. The fraction of sp³-hybridized carbons (Fsp3) is 0.400. The van der Waals surface area contributed by atoms with Crippen LogP contribution in [0.15, 0.2) is 16.2 Å². The zero-order chi connectivity index (χ0) is 6.85. The van der Waals surface area contributed by atoms with Crippen molar-refractivity contribution >= 4 is 28.4 Å². The second-order valence-corrected chi connectivity index (χ2v) is 2.56. The molecule has 0 saturated heterocycles. The fourth-order valence-electron chi connectivity index (χ4n) is 0.495. The zero-order valence-corrected chi connectivity index (χ0v) is 6.45. The number of hydrogen-bond donors (Lipinski definition) is 0. The molecule has 1 rings (SSSR count). The largest absolute Gasteiger partial charge is 0.346 e. The maximum Gasteiger partial charge on any atom is 0.128 e. The molecule has 9 heavy (non-hydrogen) atoms. The molecule has 0 unspecified atom stereocenters. The van der Waals surface area contributed by atoms with E-state index in [0.29, 0.717) is 17.0 Å². The Morgan fingerprint density at radius 2 is 2.33 bits per heavy atom. The topological polar surface area (TPSA) is 15.6 Å². The average molecular weight is 165 g/mol. The van der Waals surface area contributed by atoms with Crippen molar-refractivity contribution in [1.29, 1.82) is 0 Å². The van der Waals surface area contributed by atoms with Gasteiger partial charge < -0.3 is 4.90 Å². The van der Waals surface area contributed by atoms with Crippen molar-refractivity contribution in [3.05, 3.63) is 11.2 Å². The van der Waals surface area contributed by atoms with Crippen LogP contribution in [0.2, 0.25) is 0 Å². The highest BCUT2D eigenvalue weighted by Crippen LogP contribution is 2.12. The van der Waals surface area contributed by atoms with Crippen LogP contribution in [0.1, 0.15) is 0 Å². The van der Waals surface area contributed by atoms with E-state index in [1.165, 1.54) is 0 Å². The fourth-order valence-corrected chi connectivity index (χ4v) is 0.865. The third-order valence-corrected chi connectivity index (χ3v) is 1.66. The van der Waals surface area contributed by atoms with Crippen LogP contribution in [0.3, 0.4) is 0 Å². The summed E-state index contributed by atoms with van der Waals surface area (Å²) in [5, 5.41) is 1.10. The molecule has 0 radical (unpaired) electrons. The van der Waals surface area contributed by atoms with Crippen LogP contribution < -0.4 is 0 Å². The van der Waals surface area contributed by atoms with Crippen LogP contribution in [-0.2, 0) is 0 Å². The minimum atomic E-state index is 0.470. The molecule has 0 aromatic rings. The van der Waals surface area contributed by atoms with E-state index in [4.69, 9.17) is 23.2 Å². The van der Waals surface area contributed by atoms with Crippen molar-refractivity contribution in [2.24, 2.45) is 4.99 Å². The average Bonchev–Trinajstić information content (AvgIpc) is 1.80. The van der Waals surface area contributed by atoms with Gasteiger partial charge in [0, 0.05) is 13.1 Å². The number of halogens is 2. The lowest BCUT2D eigenvalue weighted by atomic mass is 10.5. The van der Waals surface area contributed by atoms with Crippen molar-refractivity contribution in [1.82, 2.24) is 4.90 Å². The Morgan fingerprint density at radius 1 is 1.67 bits per heavy atom. The number of nitrogens with zero attached hydrogens (tertiary/aromatic N) is 2. The van der Waals surface area contributed by atoms with E-state index in [-0.39, 0.29) is 0 Å². The third-order valence-electron chi connectivity index (χ3n) is 1.04. The Balaban J connectivity index is 2.74. The van der Waals surface area contributed by atoms with E-state index in [1.54, 1.807) is 11.0 Å². The van der Waals surface area contributed by atoms with E-state index in [9.17, 15) is 0 Å². The smallest absolute Gasteiger partial charge is 0.128 e. The van der Waals surface area contributed by atoms with Crippen molar-refractivity contribution in [3.8, 4) is 0 Å². The molecule has 0 amide bonds. The van der Waals surface area contributed by atoms with Gasteiger partial charge in [0.25, 0.3) is 0 Å². The molecule has 1 aliphatic heterocycles. The third kappa shape index (κ3) is 1.60. The first-order valence-electron chi connectivity index (χ1n) is 2.48. The predicted molar refractivity (Wildman–Crippen MR) is 39.9 cm³/mol. The maximum absolute atomic E-state index is 5.68. The summed E-state index contributed by atoms with van der Waals surface area (Å²) >= 11 is 11.2. The maximum atomic E-state index is 5.68. The molecule has 0 fully saturated rings. The van der Waals surface area contributed by atoms with Crippen molar-refractivity contribution in [3.63, 3.8) is 0 Å². The van der Waals surface area contributed by atoms with E-state index in [1.807, 2.05) is 7.05 Å². The molecule has 4 heteroatoms. The summed E-state index contributed by atoms with van der Waals surface area (Å²) in [5.41, 5.74) is 0. The summed E-state index contributed by atoms with van der Waals surface area (Å²) in [6.45, 7) is 0.550. The highest BCUT2D eigenvalue weighted by molar-refractivity contribution is 6.69. The summed E-state index contributed by atoms with van der Waals surface area (Å²) in [6, 6.07) is 0. The van der Waals surface area contributed by atoms with Crippen LogP contribution in [0.4, 0.5) is 0 Å². The van der Waals surface area contributed by atoms with Gasteiger partial charge in [-0.05, 0) is 0 Å². The molecule has 2 nitrogen and oxygen atoms in total. The van der Waals surface area contributed by atoms with Gasteiger partial charge in [0.1, 0.15) is 17.0 Å². The van der Waals surface area contributed by atoms with Gasteiger partial charge in [-0.25, -0.2) is 0 Å². The van der Waals surface area contributed by atoms with Gasteiger partial charge in [0.15, 0.2) is 0 Å². The van der Waals surface area contributed by atoms with Crippen molar-refractivity contribution < 1.29 is 0 Å². The summed E-state index contributed by atoms with van der Waals surface area (Å²) in [5.74, 6) is 0. The molecular weight excluding hydrogens is 159 g/mol. The van der Waals surface area contributed by atoms with Gasteiger partial charge in [0.05, 0.1) is 0 Å². The first-order chi connectivity index (χ1) is 4.20. The lowest BCUT2D eigenvalue weighted by Crippen LogP contribution is -2.18. The predicted octanol–water partition coefficient (Wildman–Crippen LogP) is 1.61. The molecule has 0 N–H and O–H groups in total. The van der Waals surface area contributed by atoms with E-state index >= 15 is 0 Å². The SMILES string of the molecule is CN1CN=C(Cl)C=C1Cl. The highest BCUT2D eigenvalue weighted by Gasteiger charge is 2.05. The van der Waals surface area contributed by atoms with Crippen LogP contribution in [0.25, 0.3) is 0 Å². The van der Waals surface area contributed by atoms with E-state index in [2.05, 4.69) is 4.99 Å². The molecule has 50 valence electrons. The second-order valence-electron chi connectivity index (χ2n) is 1.79.